The standard InChI is InChI=1S/C7H11F2NO.ClH/c1-5(10)2-3-11-6(5)4-7(6,8)9;/h2-4,10H2,1H3;1H. The number of alkyl halides is 2. The molecular formula is C7H12ClF2NO. The molecule has 0 amide bonds. The van der Waals surface area contributed by atoms with Gasteiger partial charge in [-0.15, -0.1) is 12.4 Å². The van der Waals surface area contributed by atoms with Gasteiger partial charge in [0.1, 0.15) is 0 Å². The van der Waals surface area contributed by atoms with Crippen molar-refractivity contribution in [1.29, 1.82) is 0 Å². The zero-order chi connectivity index (χ0) is 8.33. The van der Waals surface area contributed by atoms with Gasteiger partial charge in [-0.05, 0) is 13.3 Å². The first-order valence-corrected chi connectivity index (χ1v) is 3.72. The Kier molecular flexibility index (Phi) is 1.95. The molecule has 2 fully saturated rings. The molecular weight excluding hydrogens is 188 g/mol. The van der Waals surface area contributed by atoms with E-state index in [0.717, 1.165) is 0 Å². The lowest BCUT2D eigenvalue weighted by atomic mass is 9.92. The summed E-state index contributed by atoms with van der Waals surface area (Å²) in [6.07, 6.45) is 0.329. The monoisotopic (exact) mass is 199 g/mol. The van der Waals surface area contributed by atoms with Crippen molar-refractivity contribution in [1.82, 2.24) is 0 Å². The van der Waals surface area contributed by atoms with E-state index in [-0.39, 0.29) is 18.8 Å². The van der Waals surface area contributed by atoms with Crippen LogP contribution in [0.15, 0.2) is 0 Å². The second-order valence-electron chi connectivity index (χ2n) is 3.72. The summed E-state index contributed by atoms with van der Waals surface area (Å²) in [6.45, 7) is 2.00. The van der Waals surface area contributed by atoms with E-state index in [1.165, 1.54) is 0 Å². The highest BCUT2D eigenvalue weighted by molar-refractivity contribution is 5.85. The number of hydrogen-bond donors (Lipinski definition) is 1. The molecule has 0 radical (unpaired) electrons. The number of rotatable bonds is 0. The van der Waals surface area contributed by atoms with Gasteiger partial charge in [-0.25, -0.2) is 8.78 Å². The number of hydrogen-bond acceptors (Lipinski definition) is 2. The molecule has 1 spiro atoms. The highest BCUT2D eigenvalue weighted by atomic mass is 35.5. The fraction of sp³-hybridized carbons (Fsp3) is 1.00. The highest BCUT2D eigenvalue weighted by Crippen LogP contribution is 2.63. The third-order valence-corrected chi connectivity index (χ3v) is 2.83. The SMILES string of the molecule is CC1(N)CCOC12CC2(F)F.Cl. The average Bonchev–Trinajstić information content (AvgIpc) is 2.23. The largest absolute Gasteiger partial charge is 0.366 e. The van der Waals surface area contributed by atoms with Gasteiger partial charge in [-0.1, -0.05) is 0 Å². The summed E-state index contributed by atoms with van der Waals surface area (Å²) in [5.41, 5.74) is 3.53. The molecule has 2 atom stereocenters. The van der Waals surface area contributed by atoms with Crippen LogP contribution in [0, 0.1) is 0 Å². The van der Waals surface area contributed by atoms with E-state index in [1.807, 2.05) is 0 Å². The van der Waals surface area contributed by atoms with Gasteiger partial charge in [0.25, 0.3) is 5.92 Å². The predicted octanol–water partition coefficient (Wildman–Crippen LogP) is 1.32. The van der Waals surface area contributed by atoms with Crippen molar-refractivity contribution in [2.45, 2.75) is 36.8 Å². The van der Waals surface area contributed by atoms with Gasteiger partial charge in [0.2, 0.25) is 0 Å². The molecule has 0 aromatic heterocycles. The molecule has 5 heteroatoms. The quantitative estimate of drug-likeness (QED) is 0.639. The maximum absolute atomic E-state index is 12.8. The summed E-state index contributed by atoms with van der Waals surface area (Å²) in [6, 6.07) is 0. The molecule has 2 aliphatic rings. The molecule has 2 nitrogen and oxygen atoms in total. The molecule has 0 aromatic rings. The maximum Gasteiger partial charge on any atom is 0.281 e. The van der Waals surface area contributed by atoms with Gasteiger partial charge in [-0.2, -0.15) is 0 Å². The van der Waals surface area contributed by atoms with Gasteiger partial charge in [0, 0.05) is 6.61 Å². The Balaban J connectivity index is 0.000000720. The van der Waals surface area contributed by atoms with E-state index >= 15 is 0 Å². The fourth-order valence-electron chi connectivity index (χ4n) is 1.85. The predicted molar refractivity (Wildman–Crippen MR) is 42.7 cm³/mol. The van der Waals surface area contributed by atoms with Gasteiger partial charge in [0.15, 0.2) is 5.60 Å². The first kappa shape index (κ1) is 10.2. The molecule has 1 aliphatic heterocycles. The molecule has 2 unspecified atom stereocenters. The van der Waals surface area contributed by atoms with Crippen LogP contribution >= 0.6 is 12.4 Å². The van der Waals surface area contributed by atoms with Crippen molar-refractivity contribution >= 4 is 12.4 Å². The van der Waals surface area contributed by atoms with Gasteiger partial charge < -0.3 is 10.5 Å². The van der Waals surface area contributed by atoms with Gasteiger partial charge in [-0.3, -0.25) is 0 Å². The van der Waals surface area contributed by atoms with Crippen LogP contribution in [0.3, 0.4) is 0 Å². The first-order valence-electron chi connectivity index (χ1n) is 3.72. The molecule has 1 saturated carbocycles. The fourth-order valence-corrected chi connectivity index (χ4v) is 1.85. The number of ether oxygens (including phenoxy) is 1. The van der Waals surface area contributed by atoms with Crippen LogP contribution in [0.5, 0.6) is 0 Å². The zero-order valence-corrected chi connectivity index (χ0v) is 7.59. The summed E-state index contributed by atoms with van der Waals surface area (Å²) in [7, 11) is 0. The molecule has 0 aromatic carbocycles. The number of nitrogens with two attached hydrogens (primary N) is 1. The second kappa shape index (κ2) is 2.30. The van der Waals surface area contributed by atoms with Crippen molar-refractivity contribution in [2.75, 3.05) is 6.61 Å². The molecule has 0 bridgehead atoms. The Bertz CT molecular complexity index is 206. The van der Waals surface area contributed by atoms with Crippen molar-refractivity contribution in [2.24, 2.45) is 5.73 Å². The van der Waals surface area contributed by atoms with E-state index in [4.69, 9.17) is 10.5 Å². The lowest BCUT2D eigenvalue weighted by Crippen LogP contribution is -2.49. The van der Waals surface area contributed by atoms with Crippen molar-refractivity contribution < 1.29 is 13.5 Å². The van der Waals surface area contributed by atoms with E-state index < -0.39 is 17.1 Å². The molecule has 1 saturated heterocycles. The molecule has 2 rings (SSSR count). The normalized spacial score (nSPS) is 49.0. The van der Waals surface area contributed by atoms with Crippen molar-refractivity contribution in [3.63, 3.8) is 0 Å². The lowest BCUT2D eigenvalue weighted by molar-refractivity contribution is -0.0429. The summed E-state index contributed by atoms with van der Waals surface area (Å²) >= 11 is 0. The minimum atomic E-state index is -2.69. The average molecular weight is 200 g/mol. The smallest absolute Gasteiger partial charge is 0.281 e. The first-order chi connectivity index (χ1) is 4.91. The van der Waals surface area contributed by atoms with Crippen LogP contribution in [-0.4, -0.2) is 23.7 Å². The molecule has 12 heavy (non-hydrogen) atoms. The number of halogens is 3. The topological polar surface area (TPSA) is 35.2 Å². The van der Waals surface area contributed by atoms with E-state index in [2.05, 4.69) is 0 Å². The molecule has 1 heterocycles. The Labute approximate surface area is 75.9 Å². The zero-order valence-electron chi connectivity index (χ0n) is 6.77. The third kappa shape index (κ3) is 0.916. The molecule has 1 aliphatic carbocycles. The van der Waals surface area contributed by atoms with Crippen LogP contribution in [0.4, 0.5) is 8.78 Å². The molecule has 2 N–H and O–H groups in total. The van der Waals surface area contributed by atoms with Crippen LogP contribution in [0.25, 0.3) is 0 Å². The highest BCUT2D eigenvalue weighted by Gasteiger charge is 2.80. The second-order valence-corrected chi connectivity index (χ2v) is 3.72. The maximum atomic E-state index is 12.8. The lowest BCUT2D eigenvalue weighted by Gasteiger charge is -2.24. The van der Waals surface area contributed by atoms with Crippen molar-refractivity contribution in [3.05, 3.63) is 0 Å². The van der Waals surface area contributed by atoms with Gasteiger partial charge in [0.05, 0.1) is 12.0 Å². The van der Waals surface area contributed by atoms with Gasteiger partial charge >= 0.3 is 0 Å². The third-order valence-electron chi connectivity index (χ3n) is 2.83. The minimum absolute atomic E-state index is 0. The summed E-state index contributed by atoms with van der Waals surface area (Å²) < 4.78 is 30.6. The minimum Gasteiger partial charge on any atom is -0.366 e. The van der Waals surface area contributed by atoms with Crippen molar-refractivity contribution in [3.8, 4) is 0 Å². The van der Waals surface area contributed by atoms with E-state index in [0.29, 0.717) is 13.0 Å². The van der Waals surface area contributed by atoms with Crippen LogP contribution in [0.2, 0.25) is 0 Å². The van der Waals surface area contributed by atoms with Crippen LogP contribution in [0.1, 0.15) is 19.8 Å². The Morgan fingerprint density at radius 3 is 2.08 bits per heavy atom. The Hall–Kier alpha value is 0.0700. The van der Waals surface area contributed by atoms with E-state index in [9.17, 15) is 8.78 Å². The summed E-state index contributed by atoms with van der Waals surface area (Å²) in [5, 5.41) is 0. The van der Waals surface area contributed by atoms with E-state index in [1.54, 1.807) is 6.92 Å². The molecule has 72 valence electrons. The Morgan fingerprint density at radius 2 is 1.92 bits per heavy atom. The summed E-state index contributed by atoms with van der Waals surface area (Å²) in [4.78, 5) is 0. The summed E-state index contributed by atoms with van der Waals surface area (Å²) in [5.74, 6) is -2.69. The van der Waals surface area contributed by atoms with Crippen LogP contribution < -0.4 is 5.73 Å². The Morgan fingerprint density at radius 1 is 1.42 bits per heavy atom. The van der Waals surface area contributed by atoms with Crippen LogP contribution in [-0.2, 0) is 4.74 Å².